The van der Waals surface area contributed by atoms with E-state index in [9.17, 15) is 4.79 Å². The lowest BCUT2D eigenvalue weighted by Crippen LogP contribution is -2.44. The highest BCUT2D eigenvalue weighted by Crippen LogP contribution is 2.29. The number of aromatic nitrogens is 4. The molecule has 0 atom stereocenters. The van der Waals surface area contributed by atoms with E-state index in [1.165, 1.54) is 0 Å². The molecule has 10 heteroatoms. The predicted molar refractivity (Wildman–Crippen MR) is 156 cm³/mol. The van der Waals surface area contributed by atoms with Crippen molar-refractivity contribution in [2.24, 2.45) is 0 Å². The highest BCUT2D eigenvalue weighted by molar-refractivity contribution is 6.00. The van der Waals surface area contributed by atoms with Crippen LogP contribution in [-0.4, -0.2) is 89.5 Å². The second-order valence-electron chi connectivity index (χ2n) is 9.87. The lowest BCUT2D eigenvalue weighted by molar-refractivity contribution is -0.111. The molecule has 4 aromatic rings. The van der Waals surface area contributed by atoms with Crippen LogP contribution in [0.4, 0.5) is 23.1 Å². The van der Waals surface area contributed by atoms with Gasteiger partial charge < -0.3 is 25.3 Å². The zero-order valence-electron chi connectivity index (χ0n) is 22.5. The zero-order chi connectivity index (χ0) is 27.2. The van der Waals surface area contributed by atoms with Gasteiger partial charge in [0, 0.05) is 74.0 Å². The second kappa shape index (κ2) is 12.0. The smallest absolute Gasteiger partial charge is 0.248 e. The topological polar surface area (TPSA) is 102 Å². The van der Waals surface area contributed by atoms with Crippen LogP contribution in [0.1, 0.15) is 0 Å². The Morgan fingerprint density at radius 3 is 2.62 bits per heavy atom. The highest BCUT2D eigenvalue weighted by atomic mass is 16.1. The van der Waals surface area contributed by atoms with Crippen molar-refractivity contribution in [3.63, 3.8) is 0 Å². The first-order chi connectivity index (χ1) is 18.9. The highest BCUT2D eigenvalue weighted by Gasteiger charge is 2.15. The lowest BCUT2D eigenvalue weighted by atomic mass is 10.0. The molecule has 200 valence electrons. The fourth-order valence-corrected chi connectivity index (χ4v) is 4.36. The summed E-state index contributed by atoms with van der Waals surface area (Å²) in [6.07, 6.45) is 10.5. The standard InChI is InChI=1S/C29H33N9O/c1-36(2)11-5-8-27(39)33-23-7-4-6-21(16-23)25-20-30-17-22-18-32-29(35-28(22)25)34-24-9-10-26(31-19-24)38-14-12-37(3)13-15-38/h4-10,16-20H,11-15H2,1-3H3,(H,33,39)(H,32,34,35). The number of hydrogen-bond acceptors (Lipinski definition) is 9. The normalized spacial score (nSPS) is 14.3. The average molecular weight is 524 g/mol. The molecule has 1 aliphatic heterocycles. The van der Waals surface area contributed by atoms with Crippen LogP contribution in [0.25, 0.3) is 22.0 Å². The SMILES string of the molecule is CN(C)CC=CC(=O)Nc1cccc(-c2cncc3cnc(Nc4ccc(N5CCN(C)CC5)nc4)nc23)c1. The Kier molecular flexibility index (Phi) is 8.04. The number of amides is 1. The molecule has 0 bridgehead atoms. The van der Waals surface area contributed by atoms with Crippen molar-refractivity contribution in [3.8, 4) is 11.1 Å². The van der Waals surface area contributed by atoms with Crippen LogP contribution in [0.2, 0.25) is 0 Å². The number of carbonyl (C=O) groups excluding carboxylic acids is 1. The van der Waals surface area contributed by atoms with Crippen molar-refractivity contribution < 1.29 is 4.79 Å². The molecule has 1 aromatic carbocycles. The number of nitrogens with zero attached hydrogens (tertiary/aromatic N) is 7. The molecule has 1 saturated heterocycles. The van der Waals surface area contributed by atoms with Crippen molar-refractivity contribution in [3.05, 3.63) is 73.3 Å². The third kappa shape index (κ3) is 6.73. The summed E-state index contributed by atoms with van der Waals surface area (Å²) in [5, 5.41) is 7.02. The molecule has 0 spiro atoms. The van der Waals surface area contributed by atoms with E-state index >= 15 is 0 Å². The van der Waals surface area contributed by atoms with E-state index in [1.54, 1.807) is 24.7 Å². The molecule has 0 aliphatic carbocycles. The number of piperazine rings is 1. The summed E-state index contributed by atoms with van der Waals surface area (Å²) in [6, 6.07) is 11.7. The van der Waals surface area contributed by atoms with Gasteiger partial charge >= 0.3 is 0 Å². The van der Waals surface area contributed by atoms with Crippen molar-refractivity contribution in [2.45, 2.75) is 0 Å². The van der Waals surface area contributed by atoms with E-state index in [1.807, 2.05) is 67.7 Å². The summed E-state index contributed by atoms with van der Waals surface area (Å²) < 4.78 is 0. The molecule has 1 aliphatic rings. The van der Waals surface area contributed by atoms with Crippen LogP contribution in [0, 0.1) is 0 Å². The number of pyridine rings is 2. The number of fused-ring (bicyclic) bond motifs is 1. The monoisotopic (exact) mass is 523 g/mol. The minimum Gasteiger partial charge on any atom is -0.354 e. The summed E-state index contributed by atoms with van der Waals surface area (Å²) in [5.41, 5.74) is 4.02. The van der Waals surface area contributed by atoms with Gasteiger partial charge in [0.1, 0.15) is 5.82 Å². The van der Waals surface area contributed by atoms with E-state index in [2.05, 4.69) is 42.4 Å². The van der Waals surface area contributed by atoms with Gasteiger partial charge in [-0.05, 0) is 51.0 Å². The average Bonchev–Trinajstić information content (AvgIpc) is 2.93. The lowest BCUT2D eigenvalue weighted by Gasteiger charge is -2.33. The number of nitrogens with one attached hydrogen (secondary N) is 2. The molecule has 1 fully saturated rings. The fraction of sp³-hybridized carbons (Fsp3) is 0.276. The van der Waals surface area contributed by atoms with Crippen LogP contribution >= 0.6 is 0 Å². The first-order valence-electron chi connectivity index (χ1n) is 12.9. The molecular weight excluding hydrogens is 490 g/mol. The molecule has 0 radical (unpaired) electrons. The Labute approximate surface area is 228 Å². The Morgan fingerprint density at radius 2 is 1.85 bits per heavy atom. The summed E-state index contributed by atoms with van der Waals surface area (Å²) in [6.45, 7) is 4.71. The first-order valence-corrected chi connectivity index (χ1v) is 12.9. The first kappa shape index (κ1) is 26.2. The zero-order valence-corrected chi connectivity index (χ0v) is 22.5. The summed E-state index contributed by atoms with van der Waals surface area (Å²) in [7, 11) is 6.05. The van der Waals surface area contributed by atoms with Crippen LogP contribution < -0.4 is 15.5 Å². The number of rotatable bonds is 8. The van der Waals surface area contributed by atoms with Gasteiger partial charge in [0.25, 0.3) is 0 Å². The largest absolute Gasteiger partial charge is 0.354 e. The minimum atomic E-state index is -0.175. The maximum absolute atomic E-state index is 12.3. The van der Waals surface area contributed by atoms with Crippen LogP contribution in [0.5, 0.6) is 0 Å². The van der Waals surface area contributed by atoms with Gasteiger partial charge in [0.15, 0.2) is 0 Å². The van der Waals surface area contributed by atoms with Gasteiger partial charge in [0.2, 0.25) is 11.9 Å². The molecule has 3 aromatic heterocycles. The van der Waals surface area contributed by atoms with Crippen molar-refractivity contribution in [1.82, 2.24) is 29.7 Å². The molecule has 0 unspecified atom stereocenters. The van der Waals surface area contributed by atoms with Crippen molar-refractivity contribution in [2.75, 3.05) is 69.4 Å². The number of anilines is 4. The summed E-state index contributed by atoms with van der Waals surface area (Å²) in [4.78, 5) is 37.3. The quantitative estimate of drug-likeness (QED) is 0.335. The molecule has 0 saturated carbocycles. The van der Waals surface area contributed by atoms with Crippen molar-refractivity contribution >= 4 is 40.0 Å². The molecule has 10 nitrogen and oxygen atoms in total. The van der Waals surface area contributed by atoms with Crippen LogP contribution in [0.15, 0.2) is 73.3 Å². The van der Waals surface area contributed by atoms with E-state index in [0.717, 1.165) is 59.7 Å². The maximum atomic E-state index is 12.3. The molecular formula is C29H33N9O. The van der Waals surface area contributed by atoms with Gasteiger partial charge in [-0.2, -0.15) is 0 Å². The molecule has 5 rings (SSSR count). The van der Waals surface area contributed by atoms with E-state index < -0.39 is 0 Å². The fourth-order valence-electron chi connectivity index (χ4n) is 4.36. The summed E-state index contributed by atoms with van der Waals surface area (Å²) in [5.74, 6) is 1.27. The number of carbonyl (C=O) groups is 1. The predicted octanol–water partition coefficient (Wildman–Crippen LogP) is 3.64. The number of hydrogen-bond donors (Lipinski definition) is 2. The second-order valence-corrected chi connectivity index (χ2v) is 9.87. The molecule has 2 N–H and O–H groups in total. The van der Waals surface area contributed by atoms with Crippen molar-refractivity contribution in [1.29, 1.82) is 0 Å². The Bertz CT molecular complexity index is 1460. The molecule has 1 amide bonds. The van der Waals surface area contributed by atoms with E-state index in [0.29, 0.717) is 18.2 Å². The van der Waals surface area contributed by atoms with E-state index in [-0.39, 0.29) is 5.91 Å². The number of likely N-dealkylation sites (N-methyl/N-ethyl adjacent to an activating group) is 2. The molecule has 4 heterocycles. The minimum absolute atomic E-state index is 0.175. The Morgan fingerprint density at radius 1 is 1.00 bits per heavy atom. The maximum Gasteiger partial charge on any atom is 0.248 e. The van der Waals surface area contributed by atoms with E-state index in [4.69, 9.17) is 4.98 Å². The van der Waals surface area contributed by atoms with Crippen LogP contribution in [0.3, 0.4) is 0 Å². The third-order valence-corrected chi connectivity index (χ3v) is 6.50. The van der Waals surface area contributed by atoms with Gasteiger partial charge in [0.05, 0.1) is 17.4 Å². The van der Waals surface area contributed by atoms with Gasteiger partial charge in [-0.15, -0.1) is 0 Å². The molecule has 39 heavy (non-hydrogen) atoms. The Balaban J connectivity index is 1.34. The van der Waals surface area contributed by atoms with Crippen LogP contribution in [-0.2, 0) is 4.79 Å². The number of benzene rings is 1. The van der Waals surface area contributed by atoms with Gasteiger partial charge in [-0.1, -0.05) is 18.2 Å². The third-order valence-electron chi connectivity index (χ3n) is 6.50. The van der Waals surface area contributed by atoms with Gasteiger partial charge in [-0.25, -0.2) is 15.0 Å². The summed E-state index contributed by atoms with van der Waals surface area (Å²) >= 11 is 0. The Hall–Kier alpha value is -4.41. The van der Waals surface area contributed by atoms with Gasteiger partial charge in [-0.3, -0.25) is 9.78 Å².